The van der Waals surface area contributed by atoms with Gasteiger partial charge in [0.15, 0.2) is 5.69 Å². The van der Waals surface area contributed by atoms with E-state index in [2.05, 4.69) is 4.98 Å². The van der Waals surface area contributed by atoms with Crippen LogP contribution in [0.25, 0.3) is 0 Å². The van der Waals surface area contributed by atoms with Crippen LogP contribution < -0.4 is 0 Å². The lowest BCUT2D eigenvalue weighted by Crippen LogP contribution is -2.12. The molecule has 1 rings (SSSR count). The van der Waals surface area contributed by atoms with Crippen molar-refractivity contribution in [3.63, 3.8) is 0 Å². The summed E-state index contributed by atoms with van der Waals surface area (Å²) in [5.41, 5.74) is -5.23. The lowest BCUT2D eigenvalue weighted by molar-refractivity contribution is -0.389. The summed E-state index contributed by atoms with van der Waals surface area (Å²) in [5, 5.41) is 9.50. The van der Waals surface area contributed by atoms with E-state index in [0.717, 1.165) is 0 Å². The number of rotatable bonds is 2. The Hall–Kier alpha value is -1.51. The largest absolute Gasteiger partial charge is 0.423 e. The van der Waals surface area contributed by atoms with Crippen molar-refractivity contribution in [2.45, 2.75) is 12.6 Å². The van der Waals surface area contributed by atoms with Gasteiger partial charge >= 0.3 is 11.9 Å². The molecule has 0 unspecified atom stereocenters. The van der Waals surface area contributed by atoms with Crippen molar-refractivity contribution < 1.29 is 26.9 Å². The van der Waals surface area contributed by atoms with Gasteiger partial charge in [0.25, 0.3) is 6.43 Å². The van der Waals surface area contributed by atoms with Gasteiger partial charge in [-0.05, 0) is 6.07 Å². The average molecular weight is 277 g/mol. The Morgan fingerprint density at radius 1 is 1.41 bits per heavy atom. The van der Waals surface area contributed by atoms with Crippen LogP contribution in [0.4, 0.5) is 27.6 Å². The third-order valence-electron chi connectivity index (χ3n) is 1.68. The first kappa shape index (κ1) is 13.6. The van der Waals surface area contributed by atoms with Crippen LogP contribution >= 0.6 is 11.6 Å². The minimum absolute atomic E-state index is 0.131. The number of pyridine rings is 1. The second kappa shape index (κ2) is 4.40. The predicted molar refractivity (Wildman–Crippen MR) is 45.9 cm³/mol. The molecular formula is C7H2ClF5N2O2. The van der Waals surface area contributed by atoms with Crippen molar-refractivity contribution in [1.82, 2.24) is 4.98 Å². The third kappa shape index (κ3) is 2.78. The first-order chi connectivity index (χ1) is 7.64. The molecule has 0 saturated heterocycles. The van der Waals surface area contributed by atoms with Crippen LogP contribution in [-0.2, 0) is 6.18 Å². The minimum Gasteiger partial charge on any atom is -0.258 e. The Balaban J connectivity index is 3.64. The van der Waals surface area contributed by atoms with E-state index in [4.69, 9.17) is 11.6 Å². The van der Waals surface area contributed by atoms with Crippen molar-refractivity contribution in [2.75, 3.05) is 0 Å². The average Bonchev–Trinajstić information content (AvgIpc) is 2.14. The smallest absolute Gasteiger partial charge is 0.258 e. The van der Waals surface area contributed by atoms with Gasteiger partial charge < -0.3 is 0 Å². The molecule has 0 atom stereocenters. The molecule has 0 aliphatic carbocycles. The minimum atomic E-state index is -5.17. The van der Waals surface area contributed by atoms with Gasteiger partial charge in [-0.25, -0.2) is 13.8 Å². The number of hydrogen-bond acceptors (Lipinski definition) is 3. The highest BCUT2D eigenvalue weighted by Crippen LogP contribution is 2.41. The van der Waals surface area contributed by atoms with Gasteiger partial charge in [0.1, 0.15) is 10.7 Å². The third-order valence-corrected chi connectivity index (χ3v) is 1.88. The summed E-state index contributed by atoms with van der Waals surface area (Å²) in [7, 11) is 0. The number of nitro groups is 1. The van der Waals surface area contributed by atoms with Crippen LogP contribution in [0.3, 0.4) is 0 Å². The van der Waals surface area contributed by atoms with Crippen molar-refractivity contribution in [3.8, 4) is 0 Å². The number of alkyl halides is 5. The van der Waals surface area contributed by atoms with Crippen molar-refractivity contribution in [1.29, 1.82) is 0 Å². The van der Waals surface area contributed by atoms with Crippen molar-refractivity contribution in [2.24, 2.45) is 0 Å². The maximum atomic E-state index is 12.4. The number of hydrogen-bond donors (Lipinski definition) is 0. The van der Waals surface area contributed by atoms with Crippen LogP contribution in [0.2, 0.25) is 5.15 Å². The molecule has 0 aliphatic heterocycles. The SMILES string of the molecule is O=[N+]([O-])c1c(C(F)(F)F)cc(Cl)nc1C(F)F. The fourth-order valence-corrected chi connectivity index (χ4v) is 1.29. The van der Waals surface area contributed by atoms with Crippen LogP contribution in [0.1, 0.15) is 17.7 Å². The predicted octanol–water partition coefficient (Wildman–Crippen LogP) is 3.60. The van der Waals surface area contributed by atoms with E-state index in [9.17, 15) is 32.1 Å². The van der Waals surface area contributed by atoms with E-state index in [1.807, 2.05) is 0 Å². The van der Waals surface area contributed by atoms with Crippen LogP contribution in [0, 0.1) is 10.1 Å². The number of halogens is 6. The van der Waals surface area contributed by atoms with Gasteiger partial charge in [-0.2, -0.15) is 13.2 Å². The molecule has 0 spiro atoms. The fraction of sp³-hybridized carbons (Fsp3) is 0.286. The summed E-state index contributed by atoms with van der Waals surface area (Å²) in [5.74, 6) is 0. The topological polar surface area (TPSA) is 56.0 Å². The molecule has 0 aliphatic rings. The van der Waals surface area contributed by atoms with Crippen LogP contribution in [0.5, 0.6) is 0 Å². The maximum absolute atomic E-state index is 12.4. The molecule has 1 aromatic heterocycles. The van der Waals surface area contributed by atoms with Crippen LogP contribution in [-0.4, -0.2) is 9.91 Å². The lowest BCUT2D eigenvalue weighted by Gasteiger charge is -2.10. The van der Waals surface area contributed by atoms with Gasteiger partial charge in [0, 0.05) is 0 Å². The molecule has 4 nitrogen and oxygen atoms in total. The lowest BCUT2D eigenvalue weighted by atomic mass is 10.1. The number of aromatic nitrogens is 1. The van der Waals surface area contributed by atoms with E-state index in [-0.39, 0.29) is 6.07 Å². The molecule has 94 valence electrons. The summed E-state index contributed by atoms with van der Waals surface area (Å²) in [6.45, 7) is 0. The van der Waals surface area contributed by atoms with Crippen molar-refractivity contribution >= 4 is 17.3 Å². The molecule has 10 heteroatoms. The van der Waals surface area contributed by atoms with Gasteiger partial charge in [-0.15, -0.1) is 0 Å². The van der Waals surface area contributed by atoms with Gasteiger partial charge in [-0.3, -0.25) is 10.1 Å². The van der Waals surface area contributed by atoms with E-state index in [1.165, 1.54) is 0 Å². The molecule has 0 bridgehead atoms. The summed E-state index contributed by atoms with van der Waals surface area (Å²) in [6, 6.07) is 0.131. The Bertz CT molecular complexity index is 462. The Morgan fingerprint density at radius 2 is 1.94 bits per heavy atom. The zero-order chi connectivity index (χ0) is 13.4. The second-order valence-corrected chi connectivity index (χ2v) is 3.17. The quantitative estimate of drug-likeness (QED) is 0.359. The zero-order valence-corrected chi connectivity index (χ0v) is 8.39. The molecule has 17 heavy (non-hydrogen) atoms. The summed E-state index contributed by atoms with van der Waals surface area (Å²) in [6.07, 6.45) is -8.70. The second-order valence-electron chi connectivity index (χ2n) is 2.78. The molecule has 1 aromatic rings. The van der Waals surface area contributed by atoms with Gasteiger partial charge in [-0.1, -0.05) is 11.6 Å². The molecule has 1 heterocycles. The number of nitrogens with zero attached hydrogens (tertiary/aromatic N) is 2. The molecule has 0 radical (unpaired) electrons. The Morgan fingerprint density at radius 3 is 2.29 bits per heavy atom. The molecule has 0 fully saturated rings. The highest BCUT2D eigenvalue weighted by Gasteiger charge is 2.42. The van der Waals surface area contributed by atoms with E-state index in [0.29, 0.717) is 0 Å². The molecule has 0 saturated carbocycles. The first-order valence-corrected chi connectivity index (χ1v) is 4.22. The standard InChI is InChI=1S/C7H2ClF5N2O2/c8-3-1-2(7(11,12)13)5(15(16)17)4(14-3)6(9)10/h1,6H. The maximum Gasteiger partial charge on any atom is 0.423 e. The van der Waals surface area contributed by atoms with Gasteiger partial charge in [0.05, 0.1) is 4.92 Å². The zero-order valence-electron chi connectivity index (χ0n) is 7.63. The molecule has 0 amide bonds. The summed E-state index contributed by atoms with van der Waals surface area (Å²) < 4.78 is 61.9. The Kier molecular flexibility index (Phi) is 3.51. The first-order valence-electron chi connectivity index (χ1n) is 3.84. The van der Waals surface area contributed by atoms with Gasteiger partial charge in [0.2, 0.25) is 0 Å². The van der Waals surface area contributed by atoms with Crippen LogP contribution in [0.15, 0.2) is 6.07 Å². The summed E-state index contributed by atoms with van der Waals surface area (Å²) in [4.78, 5) is 11.7. The molecular weight excluding hydrogens is 275 g/mol. The summed E-state index contributed by atoms with van der Waals surface area (Å²) >= 11 is 5.11. The van der Waals surface area contributed by atoms with E-state index >= 15 is 0 Å². The van der Waals surface area contributed by atoms with E-state index in [1.54, 1.807) is 0 Å². The van der Waals surface area contributed by atoms with E-state index < -0.39 is 39.6 Å². The monoisotopic (exact) mass is 276 g/mol. The highest BCUT2D eigenvalue weighted by molar-refractivity contribution is 6.29. The molecule has 0 N–H and O–H groups in total. The fourth-order valence-electron chi connectivity index (χ4n) is 1.09. The Labute approximate surface area is 95.2 Å². The molecule has 0 aromatic carbocycles. The van der Waals surface area contributed by atoms with Crippen molar-refractivity contribution in [3.05, 3.63) is 32.6 Å². The highest BCUT2D eigenvalue weighted by atomic mass is 35.5. The normalized spacial score (nSPS) is 11.9.